The minimum atomic E-state index is 0.311. The van der Waals surface area contributed by atoms with Crippen molar-refractivity contribution in [3.05, 3.63) is 71.3 Å². The molecular weight excluding hydrogens is 306 g/mol. The van der Waals surface area contributed by atoms with Gasteiger partial charge in [0.1, 0.15) is 0 Å². The van der Waals surface area contributed by atoms with E-state index in [2.05, 4.69) is 56.3 Å². The molecule has 0 atom stereocenters. The Morgan fingerprint density at radius 1 is 0.920 bits per heavy atom. The van der Waals surface area contributed by atoms with Crippen LogP contribution in [-0.4, -0.2) is 30.0 Å². The molecule has 2 heteroatoms. The molecule has 1 saturated heterocycles. The smallest absolute Gasteiger partial charge is 0.256 e. The minimum Gasteiger partial charge on any atom is -0.256 e. The number of rotatable bonds is 5. The molecule has 0 aliphatic carbocycles. The molecule has 2 aromatic carbocycles. The standard InChI is InChI=1S/C23H30NO/c1-19(2)21-11-13-22(14-12-21)23(25)24(16-7-4-8-17-24)18-15-20-9-5-3-6-10-20/h3,5-6,9-14,19H,4,7-8,15-18H2,1-2H3/q+1. The van der Waals surface area contributed by atoms with Gasteiger partial charge in [-0.1, -0.05) is 56.3 Å². The molecule has 0 N–H and O–H groups in total. The number of nitrogens with zero attached hydrogens (tertiary/aromatic N) is 1. The fourth-order valence-electron chi connectivity index (χ4n) is 3.92. The van der Waals surface area contributed by atoms with E-state index in [1.807, 2.05) is 12.1 Å². The third-order valence-corrected chi connectivity index (χ3v) is 5.60. The summed E-state index contributed by atoms with van der Waals surface area (Å²) in [5.41, 5.74) is 3.50. The number of hydrogen-bond acceptors (Lipinski definition) is 1. The highest BCUT2D eigenvalue weighted by Gasteiger charge is 2.38. The lowest BCUT2D eigenvalue weighted by atomic mass is 9.99. The zero-order chi connectivity index (χ0) is 17.7. The van der Waals surface area contributed by atoms with Gasteiger partial charge in [0.25, 0.3) is 0 Å². The molecular formula is C23H30NO+. The van der Waals surface area contributed by atoms with Crippen LogP contribution in [0.2, 0.25) is 0 Å². The fourth-order valence-corrected chi connectivity index (χ4v) is 3.92. The summed E-state index contributed by atoms with van der Waals surface area (Å²) in [6, 6.07) is 18.9. The maximum atomic E-state index is 13.4. The van der Waals surface area contributed by atoms with E-state index >= 15 is 0 Å². The van der Waals surface area contributed by atoms with Crippen molar-refractivity contribution in [3.8, 4) is 0 Å². The average Bonchev–Trinajstić information content (AvgIpc) is 2.67. The molecule has 1 fully saturated rings. The predicted octanol–water partition coefficient (Wildman–Crippen LogP) is 5.19. The lowest BCUT2D eigenvalue weighted by molar-refractivity contribution is -0.854. The second-order valence-corrected chi connectivity index (χ2v) is 7.69. The summed E-state index contributed by atoms with van der Waals surface area (Å²) in [6.07, 6.45) is 4.54. The predicted molar refractivity (Wildman–Crippen MR) is 104 cm³/mol. The Balaban J connectivity index is 1.80. The van der Waals surface area contributed by atoms with E-state index in [-0.39, 0.29) is 0 Å². The second-order valence-electron chi connectivity index (χ2n) is 7.69. The number of piperidine rings is 1. The SMILES string of the molecule is CC(C)c1ccc(C(=O)[N+]2(CCc3ccccc3)CCCCC2)cc1. The third kappa shape index (κ3) is 4.19. The van der Waals surface area contributed by atoms with E-state index in [4.69, 9.17) is 0 Å². The van der Waals surface area contributed by atoms with Gasteiger partial charge in [0.15, 0.2) is 0 Å². The minimum absolute atomic E-state index is 0.311. The van der Waals surface area contributed by atoms with Crippen molar-refractivity contribution in [1.82, 2.24) is 0 Å². The molecule has 0 spiro atoms. The molecule has 0 aromatic heterocycles. The summed E-state index contributed by atoms with van der Waals surface area (Å²) >= 11 is 0. The van der Waals surface area contributed by atoms with Gasteiger partial charge in [0.2, 0.25) is 0 Å². The molecule has 0 bridgehead atoms. The van der Waals surface area contributed by atoms with Crippen LogP contribution in [0.4, 0.5) is 0 Å². The highest BCUT2D eigenvalue weighted by atomic mass is 16.2. The van der Waals surface area contributed by atoms with Gasteiger partial charge < -0.3 is 0 Å². The maximum absolute atomic E-state index is 13.4. The zero-order valence-electron chi connectivity index (χ0n) is 15.6. The van der Waals surface area contributed by atoms with Crippen LogP contribution in [0.1, 0.15) is 60.5 Å². The molecule has 25 heavy (non-hydrogen) atoms. The molecule has 1 heterocycles. The first-order valence-electron chi connectivity index (χ1n) is 9.66. The number of benzene rings is 2. The van der Waals surface area contributed by atoms with Gasteiger partial charge in [-0.25, -0.2) is 4.79 Å². The molecule has 1 aliphatic rings. The van der Waals surface area contributed by atoms with Gasteiger partial charge in [-0.15, -0.1) is 0 Å². The van der Waals surface area contributed by atoms with Crippen LogP contribution in [0.15, 0.2) is 54.6 Å². The maximum Gasteiger partial charge on any atom is 0.345 e. The van der Waals surface area contributed by atoms with Crippen LogP contribution in [0, 0.1) is 0 Å². The first kappa shape index (κ1) is 17.9. The average molecular weight is 336 g/mol. The number of likely N-dealkylation sites (tertiary alicyclic amines) is 1. The summed E-state index contributed by atoms with van der Waals surface area (Å²) in [7, 11) is 0. The van der Waals surface area contributed by atoms with Crippen molar-refractivity contribution in [3.63, 3.8) is 0 Å². The Morgan fingerprint density at radius 2 is 1.56 bits per heavy atom. The molecule has 2 aromatic rings. The third-order valence-electron chi connectivity index (χ3n) is 5.60. The van der Waals surface area contributed by atoms with Crippen molar-refractivity contribution in [2.45, 2.75) is 45.4 Å². The Labute approximate surface area is 152 Å². The number of amides is 1. The van der Waals surface area contributed by atoms with E-state index in [1.54, 1.807) is 0 Å². The zero-order valence-corrected chi connectivity index (χ0v) is 15.6. The quantitative estimate of drug-likeness (QED) is 0.686. The van der Waals surface area contributed by atoms with Crippen molar-refractivity contribution in [2.24, 2.45) is 0 Å². The molecule has 1 aliphatic heterocycles. The highest BCUT2D eigenvalue weighted by molar-refractivity contribution is 5.89. The van der Waals surface area contributed by atoms with Gasteiger partial charge in [-0.2, -0.15) is 0 Å². The summed E-state index contributed by atoms with van der Waals surface area (Å²) in [5.74, 6) is 0.811. The van der Waals surface area contributed by atoms with Gasteiger partial charge in [-0.05, 0) is 48.4 Å². The molecule has 132 valence electrons. The molecule has 3 rings (SSSR count). The first-order chi connectivity index (χ1) is 12.1. The van der Waals surface area contributed by atoms with Crippen LogP contribution in [0.3, 0.4) is 0 Å². The normalized spacial score (nSPS) is 16.8. The summed E-state index contributed by atoms with van der Waals surface area (Å²) in [5, 5.41) is 0. The van der Waals surface area contributed by atoms with Crippen molar-refractivity contribution in [1.29, 1.82) is 0 Å². The van der Waals surface area contributed by atoms with E-state index in [1.165, 1.54) is 17.5 Å². The second kappa shape index (κ2) is 7.97. The number of hydrogen-bond donors (Lipinski definition) is 0. The van der Waals surface area contributed by atoms with E-state index in [0.717, 1.165) is 44.5 Å². The van der Waals surface area contributed by atoms with Gasteiger partial charge in [0.05, 0.1) is 25.2 Å². The summed E-state index contributed by atoms with van der Waals surface area (Å²) < 4.78 is 0.621. The number of carbonyl (C=O) groups excluding carboxylic acids is 1. The van der Waals surface area contributed by atoms with Crippen LogP contribution in [0.25, 0.3) is 0 Å². The van der Waals surface area contributed by atoms with Gasteiger partial charge >= 0.3 is 5.91 Å². The van der Waals surface area contributed by atoms with Crippen LogP contribution >= 0.6 is 0 Å². The summed E-state index contributed by atoms with van der Waals surface area (Å²) in [4.78, 5) is 13.4. The van der Waals surface area contributed by atoms with Crippen molar-refractivity contribution >= 4 is 5.91 Å². The lowest BCUT2D eigenvalue weighted by Crippen LogP contribution is -2.56. The Morgan fingerprint density at radius 3 is 2.16 bits per heavy atom. The van der Waals surface area contributed by atoms with Crippen LogP contribution < -0.4 is 0 Å². The molecule has 0 radical (unpaired) electrons. The van der Waals surface area contributed by atoms with Crippen molar-refractivity contribution < 1.29 is 9.28 Å². The lowest BCUT2D eigenvalue weighted by Gasteiger charge is -2.39. The fraction of sp³-hybridized carbons (Fsp3) is 0.435. The van der Waals surface area contributed by atoms with Gasteiger partial charge in [-0.3, -0.25) is 4.48 Å². The van der Waals surface area contributed by atoms with E-state index < -0.39 is 0 Å². The Bertz CT molecular complexity index is 682. The highest BCUT2D eigenvalue weighted by Crippen LogP contribution is 2.25. The number of quaternary nitrogens is 1. The topological polar surface area (TPSA) is 17.1 Å². The van der Waals surface area contributed by atoms with Crippen LogP contribution in [0.5, 0.6) is 0 Å². The van der Waals surface area contributed by atoms with Crippen molar-refractivity contribution in [2.75, 3.05) is 19.6 Å². The van der Waals surface area contributed by atoms with Gasteiger partial charge in [0, 0.05) is 6.42 Å². The number of carbonyl (C=O) groups is 1. The van der Waals surface area contributed by atoms with E-state index in [9.17, 15) is 4.79 Å². The largest absolute Gasteiger partial charge is 0.345 e. The molecule has 0 unspecified atom stereocenters. The molecule has 2 nitrogen and oxygen atoms in total. The molecule has 0 saturated carbocycles. The first-order valence-corrected chi connectivity index (χ1v) is 9.66. The summed E-state index contributed by atoms with van der Waals surface area (Å²) in [6.45, 7) is 7.26. The Kier molecular flexibility index (Phi) is 5.70. The van der Waals surface area contributed by atoms with Crippen LogP contribution in [-0.2, 0) is 6.42 Å². The monoisotopic (exact) mass is 336 g/mol. The molecule has 1 amide bonds. The Hall–Kier alpha value is -1.93. The van der Waals surface area contributed by atoms with E-state index in [0.29, 0.717) is 16.3 Å².